The fourth-order valence-electron chi connectivity index (χ4n) is 1.77. The maximum absolute atomic E-state index is 12.1. The lowest BCUT2D eigenvalue weighted by molar-refractivity contribution is -0.384. The molecule has 0 atom stereocenters. The van der Waals surface area contributed by atoms with E-state index < -0.39 is 10.8 Å². The number of rotatable bonds is 3. The first-order chi connectivity index (χ1) is 9.40. The van der Waals surface area contributed by atoms with E-state index >= 15 is 0 Å². The summed E-state index contributed by atoms with van der Waals surface area (Å²) in [4.78, 5) is 22.2. The fourth-order valence-corrected chi connectivity index (χ4v) is 1.77. The summed E-state index contributed by atoms with van der Waals surface area (Å²) in [6.07, 6.45) is 0. The third kappa shape index (κ3) is 2.46. The molecular formula is C13H13N3O4. The maximum atomic E-state index is 12.1. The molecule has 7 nitrogen and oxygen atoms in total. The highest BCUT2D eigenvalue weighted by atomic mass is 16.6. The highest BCUT2D eigenvalue weighted by Crippen LogP contribution is 2.28. The van der Waals surface area contributed by atoms with Gasteiger partial charge in [0.05, 0.1) is 10.6 Å². The molecule has 0 radical (unpaired) electrons. The van der Waals surface area contributed by atoms with Crippen molar-refractivity contribution >= 4 is 17.3 Å². The summed E-state index contributed by atoms with van der Waals surface area (Å²) in [6.45, 7) is 1.85. The molecule has 0 saturated carbocycles. The molecule has 0 aliphatic carbocycles. The zero-order chi connectivity index (χ0) is 14.9. The van der Waals surface area contributed by atoms with Crippen LogP contribution < -0.4 is 5.32 Å². The normalized spacial score (nSPS) is 10.3. The minimum atomic E-state index is -0.595. The van der Waals surface area contributed by atoms with Gasteiger partial charge in [-0.1, -0.05) is 0 Å². The molecule has 0 fully saturated rings. The smallest absolute Gasteiger partial charge is 0.272 e. The van der Waals surface area contributed by atoms with E-state index in [2.05, 4.69) is 5.32 Å². The van der Waals surface area contributed by atoms with Crippen molar-refractivity contribution in [3.8, 4) is 5.75 Å². The summed E-state index contributed by atoms with van der Waals surface area (Å²) in [6, 6.07) is 6.87. The molecule has 0 saturated heterocycles. The number of carbonyl (C=O) groups is 1. The van der Waals surface area contributed by atoms with Crippen molar-refractivity contribution in [2.75, 3.05) is 5.32 Å². The minimum Gasteiger partial charge on any atom is -0.506 e. The highest BCUT2D eigenvalue weighted by Gasteiger charge is 2.15. The van der Waals surface area contributed by atoms with Crippen LogP contribution in [0.3, 0.4) is 0 Å². The van der Waals surface area contributed by atoms with E-state index in [9.17, 15) is 20.0 Å². The number of nitro benzene ring substituents is 1. The molecule has 0 spiro atoms. The van der Waals surface area contributed by atoms with Gasteiger partial charge in [0.25, 0.3) is 11.6 Å². The van der Waals surface area contributed by atoms with Crippen LogP contribution in [-0.2, 0) is 7.05 Å². The van der Waals surface area contributed by atoms with Crippen LogP contribution in [0, 0.1) is 17.0 Å². The zero-order valence-electron chi connectivity index (χ0n) is 11.0. The standard InChI is InChI=1S/C13H13N3O4/c1-8-3-5-11(15(8)2)13(18)14-10-7-9(16(19)20)4-6-12(10)17/h3-7,17H,1-2H3,(H,14,18). The van der Waals surface area contributed by atoms with E-state index in [4.69, 9.17) is 0 Å². The van der Waals surface area contributed by atoms with Crippen LogP contribution in [0.4, 0.5) is 11.4 Å². The molecular weight excluding hydrogens is 262 g/mol. The Balaban J connectivity index is 2.30. The number of hydrogen-bond acceptors (Lipinski definition) is 4. The molecule has 2 N–H and O–H groups in total. The van der Waals surface area contributed by atoms with Crippen molar-refractivity contribution in [3.63, 3.8) is 0 Å². The number of aromatic nitrogens is 1. The summed E-state index contributed by atoms with van der Waals surface area (Å²) in [5.74, 6) is -0.675. The van der Waals surface area contributed by atoms with E-state index in [1.54, 1.807) is 23.7 Å². The molecule has 1 amide bonds. The maximum Gasteiger partial charge on any atom is 0.272 e. The lowest BCUT2D eigenvalue weighted by Gasteiger charge is -2.08. The van der Waals surface area contributed by atoms with Crippen molar-refractivity contribution in [1.29, 1.82) is 0 Å². The summed E-state index contributed by atoms with van der Waals surface area (Å²) in [7, 11) is 1.73. The van der Waals surface area contributed by atoms with Crippen LogP contribution in [-0.4, -0.2) is 20.5 Å². The third-order valence-corrected chi connectivity index (χ3v) is 3.04. The Morgan fingerprint density at radius 2 is 2.05 bits per heavy atom. The van der Waals surface area contributed by atoms with E-state index in [0.29, 0.717) is 5.69 Å². The van der Waals surface area contributed by atoms with Gasteiger partial charge in [-0.15, -0.1) is 0 Å². The summed E-state index contributed by atoms with van der Waals surface area (Å²) >= 11 is 0. The Kier molecular flexibility index (Phi) is 3.43. The Hall–Kier alpha value is -2.83. The predicted octanol–water partition coefficient (Wildman–Crippen LogP) is 2.20. The minimum absolute atomic E-state index is 0.00283. The molecule has 0 aliphatic rings. The molecule has 0 bridgehead atoms. The number of nitro groups is 1. The van der Waals surface area contributed by atoms with Gasteiger partial charge in [-0.25, -0.2) is 0 Å². The number of aromatic hydroxyl groups is 1. The van der Waals surface area contributed by atoms with Crippen LogP contribution >= 0.6 is 0 Å². The average Bonchev–Trinajstić information content (AvgIpc) is 2.72. The van der Waals surface area contributed by atoms with E-state index in [1.165, 1.54) is 6.07 Å². The van der Waals surface area contributed by atoms with Gasteiger partial charge < -0.3 is 15.0 Å². The number of phenolic OH excluding ortho intramolecular Hbond substituents is 1. The molecule has 7 heteroatoms. The predicted molar refractivity (Wildman–Crippen MR) is 72.9 cm³/mol. The number of phenols is 1. The first-order valence-electron chi connectivity index (χ1n) is 5.81. The van der Waals surface area contributed by atoms with Gasteiger partial charge >= 0.3 is 0 Å². The van der Waals surface area contributed by atoms with E-state index in [1.807, 2.05) is 6.92 Å². The van der Waals surface area contributed by atoms with Crippen molar-refractivity contribution in [1.82, 2.24) is 4.57 Å². The van der Waals surface area contributed by atoms with Crippen LogP contribution in [0.5, 0.6) is 5.75 Å². The monoisotopic (exact) mass is 275 g/mol. The molecule has 0 aliphatic heterocycles. The molecule has 2 aromatic rings. The SMILES string of the molecule is Cc1ccc(C(=O)Nc2cc([N+](=O)[O-])ccc2O)n1C. The second-order valence-corrected chi connectivity index (χ2v) is 4.33. The summed E-state index contributed by atoms with van der Waals surface area (Å²) in [5, 5.41) is 22.8. The van der Waals surface area contributed by atoms with Crippen LogP contribution in [0.25, 0.3) is 0 Å². The second-order valence-electron chi connectivity index (χ2n) is 4.33. The quantitative estimate of drug-likeness (QED) is 0.509. The zero-order valence-corrected chi connectivity index (χ0v) is 11.0. The number of hydrogen-bond donors (Lipinski definition) is 2. The number of carbonyl (C=O) groups excluding carboxylic acids is 1. The Labute approximate surface area is 114 Å². The first kappa shape index (κ1) is 13.6. The van der Waals surface area contributed by atoms with Crippen molar-refractivity contribution < 1.29 is 14.8 Å². The molecule has 1 aromatic carbocycles. The summed E-state index contributed by atoms with van der Waals surface area (Å²) in [5.41, 5.74) is 1.09. The van der Waals surface area contributed by atoms with Gasteiger partial charge in [-0.2, -0.15) is 0 Å². The fraction of sp³-hybridized carbons (Fsp3) is 0.154. The number of anilines is 1. The van der Waals surface area contributed by atoms with Gasteiger partial charge in [0, 0.05) is 24.9 Å². The summed E-state index contributed by atoms with van der Waals surface area (Å²) < 4.78 is 1.68. The van der Waals surface area contributed by atoms with E-state index in [0.717, 1.165) is 17.8 Å². The van der Waals surface area contributed by atoms with Crippen molar-refractivity contribution in [2.24, 2.45) is 7.05 Å². The van der Waals surface area contributed by atoms with Crippen molar-refractivity contribution in [3.05, 3.63) is 51.8 Å². The number of amides is 1. The second kappa shape index (κ2) is 5.04. The Morgan fingerprint density at radius 3 is 2.60 bits per heavy atom. The van der Waals surface area contributed by atoms with Gasteiger partial charge in [-0.05, 0) is 25.1 Å². The highest BCUT2D eigenvalue weighted by molar-refractivity contribution is 6.04. The molecule has 20 heavy (non-hydrogen) atoms. The van der Waals surface area contributed by atoms with Gasteiger partial charge in [-0.3, -0.25) is 14.9 Å². The molecule has 104 valence electrons. The largest absolute Gasteiger partial charge is 0.506 e. The van der Waals surface area contributed by atoms with Gasteiger partial charge in [0.15, 0.2) is 0 Å². The molecule has 1 aromatic heterocycles. The number of nitrogens with one attached hydrogen (secondary N) is 1. The average molecular weight is 275 g/mol. The number of benzene rings is 1. The lowest BCUT2D eigenvalue weighted by atomic mass is 10.2. The Morgan fingerprint density at radius 1 is 1.35 bits per heavy atom. The molecule has 2 rings (SSSR count). The number of nitrogens with zero attached hydrogens (tertiary/aromatic N) is 2. The van der Waals surface area contributed by atoms with Gasteiger partial charge in [0.2, 0.25) is 0 Å². The number of non-ortho nitro benzene ring substituents is 1. The lowest BCUT2D eigenvalue weighted by Crippen LogP contribution is -2.16. The topological polar surface area (TPSA) is 97.4 Å². The molecule has 1 heterocycles. The van der Waals surface area contributed by atoms with E-state index in [-0.39, 0.29) is 17.1 Å². The van der Waals surface area contributed by atoms with Crippen LogP contribution in [0.2, 0.25) is 0 Å². The Bertz CT molecular complexity index is 691. The first-order valence-corrected chi connectivity index (χ1v) is 5.81. The van der Waals surface area contributed by atoms with Crippen LogP contribution in [0.1, 0.15) is 16.2 Å². The number of aryl methyl sites for hydroxylation is 1. The van der Waals surface area contributed by atoms with Gasteiger partial charge in [0.1, 0.15) is 11.4 Å². The third-order valence-electron chi connectivity index (χ3n) is 3.04. The van der Waals surface area contributed by atoms with Crippen LogP contribution in [0.15, 0.2) is 30.3 Å². The van der Waals surface area contributed by atoms with Crippen molar-refractivity contribution in [2.45, 2.75) is 6.92 Å². The molecule has 0 unspecified atom stereocenters.